The lowest BCUT2D eigenvalue weighted by Gasteiger charge is -2.34. The summed E-state index contributed by atoms with van der Waals surface area (Å²) in [6.45, 7) is 5.72. The first-order valence-corrected chi connectivity index (χ1v) is 7.36. The Balaban J connectivity index is 2.39. The van der Waals surface area contributed by atoms with Crippen LogP contribution in [0.15, 0.2) is 36.7 Å². The quantitative estimate of drug-likeness (QED) is 0.854. The van der Waals surface area contributed by atoms with E-state index in [1.807, 2.05) is 18.7 Å². The van der Waals surface area contributed by atoms with Crippen LogP contribution in [-0.2, 0) is 12.1 Å². The van der Waals surface area contributed by atoms with Crippen molar-refractivity contribution in [1.29, 1.82) is 0 Å². The molecule has 1 N–H and O–H groups in total. The van der Waals surface area contributed by atoms with Crippen LogP contribution < -0.4 is 0 Å². The monoisotopic (exact) mass is 309 g/mol. The zero-order valence-electron chi connectivity index (χ0n) is 12.8. The summed E-state index contributed by atoms with van der Waals surface area (Å²) >= 11 is 0. The topological polar surface area (TPSA) is 41.3 Å². The molecule has 0 spiro atoms. The van der Waals surface area contributed by atoms with Gasteiger partial charge in [0.25, 0.3) is 0 Å². The molecule has 0 aliphatic rings. The normalized spacial score (nSPS) is 14.3. The second-order valence-corrected chi connectivity index (χ2v) is 5.32. The molecule has 0 saturated heterocycles. The van der Waals surface area contributed by atoms with E-state index in [0.717, 1.165) is 25.2 Å². The Kier molecular flexibility index (Phi) is 5.26. The highest BCUT2D eigenvalue weighted by molar-refractivity contribution is 5.25. The van der Waals surface area contributed by atoms with Gasteiger partial charge in [0.05, 0.1) is 6.54 Å². The van der Waals surface area contributed by atoms with Gasteiger partial charge in [0.2, 0.25) is 0 Å². The van der Waals surface area contributed by atoms with Gasteiger partial charge in [0.1, 0.15) is 17.2 Å². The van der Waals surface area contributed by atoms with Gasteiger partial charge in [-0.1, -0.05) is 19.9 Å². The van der Waals surface area contributed by atoms with Crippen LogP contribution in [0.4, 0.5) is 8.78 Å². The lowest BCUT2D eigenvalue weighted by atomic mass is 9.92. The summed E-state index contributed by atoms with van der Waals surface area (Å²) in [5, 5.41) is 15.2. The Morgan fingerprint density at radius 3 is 2.55 bits per heavy atom. The molecule has 6 heteroatoms. The molecule has 1 aromatic heterocycles. The maximum absolute atomic E-state index is 14.2. The number of nitrogens with zero attached hydrogens (tertiary/aromatic N) is 3. The van der Waals surface area contributed by atoms with Gasteiger partial charge < -0.3 is 10.0 Å². The number of rotatable bonds is 7. The lowest BCUT2D eigenvalue weighted by Crippen LogP contribution is -2.44. The number of aliphatic hydroxyl groups is 1. The Hall–Kier alpha value is -1.79. The van der Waals surface area contributed by atoms with Crippen molar-refractivity contribution in [2.24, 2.45) is 0 Å². The van der Waals surface area contributed by atoms with Gasteiger partial charge >= 0.3 is 0 Å². The van der Waals surface area contributed by atoms with Gasteiger partial charge in [-0.2, -0.15) is 5.10 Å². The minimum absolute atomic E-state index is 0.0799. The van der Waals surface area contributed by atoms with Crippen LogP contribution in [0.1, 0.15) is 19.4 Å². The number of benzene rings is 1. The summed E-state index contributed by atoms with van der Waals surface area (Å²) in [6, 6.07) is 5.00. The number of likely N-dealkylation sites (N-methyl/N-ethyl adjacent to an activating group) is 1. The number of halogens is 2. The van der Waals surface area contributed by atoms with Crippen molar-refractivity contribution in [3.63, 3.8) is 0 Å². The minimum Gasteiger partial charge on any atom is -0.382 e. The SMILES string of the molecule is CCN(CC)CC(O)(Cn1cccn1)c1ccc(F)cc1F. The fourth-order valence-corrected chi connectivity index (χ4v) is 2.57. The molecule has 0 aliphatic carbocycles. The minimum atomic E-state index is -1.49. The second kappa shape index (κ2) is 6.98. The van der Waals surface area contributed by atoms with Crippen molar-refractivity contribution in [2.45, 2.75) is 26.0 Å². The Bertz CT molecular complexity index is 599. The fourth-order valence-electron chi connectivity index (χ4n) is 2.57. The third kappa shape index (κ3) is 3.69. The summed E-state index contributed by atoms with van der Waals surface area (Å²) in [4.78, 5) is 1.99. The van der Waals surface area contributed by atoms with Crippen molar-refractivity contribution in [3.8, 4) is 0 Å². The molecule has 120 valence electrons. The first-order chi connectivity index (χ1) is 10.5. The summed E-state index contributed by atoms with van der Waals surface area (Å²) in [5.74, 6) is -1.41. The zero-order chi connectivity index (χ0) is 16.2. The average Bonchev–Trinajstić information content (AvgIpc) is 2.97. The molecule has 0 aliphatic heterocycles. The van der Waals surface area contributed by atoms with E-state index in [9.17, 15) is 13.9 Å². The van der Waals surface area contributed by atoms with Gasteiger partial charge in [-0.3, -0.25) is 4.68 Å². The Morgan fingerprint density at radius 2 is 2.00 bits per heavy atom. The van der Waals surface area contributed by atoms with Crippen LogP contribution in [0.2, 0.25) is 0 Å². The molecule has 0 amide bonds. The van der Waals surface area contributed by atoms with E-state index in [1.165, 1.54) is 6.07 Å². The van der Waals surface area contributed by atoms with Crippen molar-refractivity contribution in [1.82, 2.24) is 14.7 Å². The van der Waals surface area contributed by atoms with Crippen LogP contribution in [-0.4, -0.2) is 39.4 Å². The smallest absolute Gasteiger partial charge is 0.132 e. The van der Waals surface area contributed by atoms with Crippen molar-refractivity contribution < 1.29 is 13.9 Å². The van der Waals surface area contributed by atoms with Gasteiger partial charge in [-0.15, -0.1) is 0 Å². The van der Waals surface area contributed by atoms with Crippen LogP contribution >= 0.6 is 0 Å². The van der Waals surface area contributed by atoms with E-state index in [4.69, 9.17) is 0 Å². The van der Waals surface area contributed by atoms with Crippen LogP contribution in [0.5, 0.6) is 0 Å². The number of aromatic nitrogens is 2. The van der Waals surface area contributed by atoms with E-state index in [0.29, 0.717) is 0 Å². The van der Waals surface area contributed by atoms with Gasteiger partial charge in [-0.25, -0.2) is 8.78 Å². The number of hydrogen-bond acceptors (Lipinski definition) is 3. The van der Waals surface area contributed by atoms with Crippen molar-refractivity contribution >= 4 is 0 Å². The predicted octanol–water partition coefficient (Wildman–Crippen LogP) is 2.39. The van der Waals surface area contributed by atoms with Gasteiger partial charge in [0.15, 0.2) is 0 Å². The molecular formula is C16H21F2N3O. The molecule has 1 atom stereocenters. The third-order valence-corrected chi connectivity index (χ3v) is 3.79. The maximum Gasteiger partial charge on any atom is 0.132 e. The molecule has 0 radical (unpaired) electrons. The molecule has 1 unspecified atom stereocenters. The van der Waals surface area contributed by atoms with Crippen molar-refractivity contribution in [3.05, 3.63) is 53.9 Å². The largest absolute Gasteiger partial charge is 0.382 e. The summed E-state index contributed by atoms with van der Waals surface area (Å²) in [7, 11) is 0. The Labute approximate surface area is 129 Å². The second-order valence-electron chi connectivity index (χ2n) is 5.32. The van der Waals surface area contributed by atoms with E-state index in [-0.39, 0.29) is 18.7 Å². The lowest BCUT2D eigenvalue weighted by molar-refractivity contribution is -0.0193. The van der Waals surface area contributed by atoms with E-state index in [1.54, 1.807) is 23.1 Å². The fraction of sp³-hybridized carbons (Fsp3) is 0.438. The van der Waals surface area contributed by atoms with Crippen LogP contribution in [0.3, 0.4) is 0 Å². The summed E-state index contributed by atoms with van der Waals surface area (Å²) < 4.78 is 28.9. The first-order valence-electron chi connectivity index (χ1n) is 7.36. The van der Waals surface area contributed by atoms with E-state index < -0.39 is 17.2 Å². The maximum atomic E-state index is 14.2. The molecule has 0 fully saturated rings. The highest BCUT2D eigenvalue weighted by Gasteiger charge is 2.34. The molecule has 2 aromatic rings. The molecule has 1 heterocycles. The van der Waals surface area contributed by atoms with Crippen LogP contribution in [0.25, 0.3) is 0 Å². The highest BCUT2D eigenvalue weighted by atomic mass is 19.1. The standard InChI is InChI=1S/C16H21F2N3O/c1-3-20(4-2)11-16(22,12-21-9-5-8-19-21)14-7-6-13(17)10-15(14)18/h5-10,22H,3-4,11-12H2,1-2H3. The summed E-state index contributed by atoms with van der Waals surface area (Å²) in [6.07, 6.45) is 3.30. The van der Waals surface area contributed by atoms with E-state index >= 15 is 0 Å². The Morgan fingerprint density at radius 1 is 1.27 bits per heavy atom. The van der Waals surface area contributed by atoms with E-state index in [2.05, 4.69) is 5.10 Å². The van der Waals surface area contributed by atoms with Gasteiger partial charge in [-0.05, 0) is 25.2 Å². The molecule has 22 heavy (non-hydrogen) atoms. The predicted molar refractivity (Wildman–Crippen MR) is 80.3 cm³/mol. The summed E-state index contributed by atoms with van der Waals surface area (Å²) in [5.41, 5.74) is -1.41. The van der Waals surface area contributed by atoms with Crippen LogP contribution in [0, 0.1) is 11.6 Å². The number of hydrogen-bond donors (Lipinski definition) is 1. The third-order valence-electron chi connectivity index (χ3n) is 3.79. The molecule has 4 nitrogen and oxygen atoms in total. The first kappa shape index (κ1) is 16.6. The van der Waals surface area contributed by atoms with Crippen molar-refractivity contribution in [2.75, 3.05) is 19.6 Å². The molecule has 0 saturated carbocycles. The highest BCUT2D eigenvalue weighted by Crippen LogP contribution is 2.27. The molecular weight excluding hydrogens is 288 g/mol. The van der Waals surface area contributed by atoms with Gasteiger partial charge in [0, 0.05) is 30.6 Å². The molecule has 1 aromatic carbocycles. The molecule has 2 rings (SSSR count). The average molecular weight is 309 g/mol. The molecule has 0 bridgehead atoms. The zero-order valence-corrected chi connectivity index (χ0v) is 12.8.